The highest BCUT2D eigenvalue weighted by Gasteiger charge is 2.52. The minimum atomic E-state index is -0.578. The van der Waals surface area contributed by atoms with Gasteiger partial charge in [0.1, 0.15) is 0 Å². The minimum Gasteiger partial charge on any atom is -0.387 e. The van der Waals surface area contributed by atoms with Crippen LogP contribution in [-0.2, 0) is 4.79 Å². The summed E-state index contributed by atoms with van der Waals surface area (Å²) in [6.45, 7) is 1.96. The van der Waals surface area contributed by atoms with Crippen molar-refractivity contribution in [3.05, 3.63) is 0 Å². The molecule has 3 heteroatoms. The van der Waals surface area contributed by atoms with Gasteiger partial charge in [0, 0.05) is 13.5 Å². The van der Waals surface area contributed by atoms with Crippen LogP contribution < -0.4 is 5.32 Å². The normalized spacial score (nSPS) is 22.9. The van der Waals surface area contributed by atoms with E-state index in [9.17, 15) is 9.90 Å². The van der Waals surface area contributed by atoms with Gasteiger partial charge >= 0.3 is 0 Å². The highest BCUT2D eigenvalue weighted by molar-refractivity contribution is 5.72. The van der Waals surface area contributed by atoms with Crippen LogP contribution in [0.5, 0.6) is 0 Å². The fourth-order valence-electron chi connectivity index (χ4n) is 2.05. The first-order valence-corrected chi connectivity index (χ1v) is 5.10. The maximum atomic E-state index is 10.8. The number of carbonyl (C=O) groups excluding carboxylic acids is 1. The number of hydrogen-bond acceptors (Lipinski definition) is 2. The van der Waals surface area contributed by atoms with E-state index >= 15 is 0 Å². The number of nitrogens with one attached hydrogen (secondary N) is 1. The lowest BCUT2D eigenvalue weighted by atomic mass is 9.92. The maximum Gasteiger partial charge on any atom is 0.216 e. The molecular weight excluding hydrogens is 166 g/mol. The van der Waals surface area contributed by atoms with Gasteiger partial charge < -0.3 is 10.4 Å². The Morgan fingerprint density at radius 1 is 1.38 bits per heavy atom. The zero-order valence-electron chi connectivity index (χ0n) is 8.05. The number of hydrogen-bond donors (Lipinski definition) is 2. The first kappa shape index (κ1) is 9.00. The molecule has 0 bridgehead atoms. The second-order valence-corrected chi connectivity index (χ2v) is 4.45. The molecule has 0 aromatic rings. The van der Waals surface area contributed by atoms with Gasteiger partial charge in [-0.2, -0.15) is 0 Å². The molecule has 2 N–H and O–H groups in total. The van der Waals surface area contributed by atoms with Gasteiger partial charge in [-0.3, -0.25) is 4.79 Å². The largest absolute Gasteiger partial charge is 0.387 e. The molecule has 1 amide bonds. The van der Waals surface area contributed by atoms with Crippen LogP contribution in [0.4, 0.5) is 0 Å². The molecule has 2 aliphatic carbocycles. The summed E-state index contributed by atoms with van der Waals surface area (Å²) in [5.74, 6) is 0.860. The SMILES string of the molecule is CC(=O)NCC(O)(C1CC1)C1CC1. The van der Waals surface area contributed by atoms with E-state index in [2.05, 4.69) is 5.32 Å². The van der Waals surface area contributed by atoms with Gasteiger partial charge in [0.25, 0.3) is 0 Å². The van der Waals surface area contributed by atoms with Crippen molar-refractivity contribution in [3.63, 3.8) is 0 Å². The van der Waals surface area contributed by atoms with Crippen LogP contribution in [-0.4, -0.2) is 23.2 Å². The molecule has 74 valence electrons. The summed E-state index contributed by atoms with van der Waals surface area (Å²) in [4.78, 5) is 10.8. The third-order valence-electron chi connectivity index (χ3n) is 3.19. The molecular formula is C10H17NO2. The molecule has 0 aliphatic heterocycles. The van der Waals surface area contributed by atoms with Crippen molar-refractivity contribution in [2.45, 2.75) is 38.2 Å². The molecule has 0 spiro atoms. The lowest BCUT2D eigenvalue weighted by Gasteiger charge is -2.28. The highest BCUT2D eigenvalue weighted by atomic mass is 16.3. The van der Waals surface area contributed by atoms with E-state index in [-0.39, 0.29) is 5.91 Å². The van der Waals surface area contributed by atoms with Crippen molar-refractivity contribution < 1.29 is 9.90 Å². The predicted octanol–water partition coefficient (Wildman–Crippen LogP) is 0.674. The smallest absolute Gasteiger partial charge is 0.216 e. The molecule has 0 saturated heterocycles. The van der Waals surface area contributed by atoms with Crippen molar-refractivity contribution in [2.24, 2.45) is 11.8 Å². The molecule has 0 atom stereocenters. The van der Waals surface area contributed by atoms with Crippen molar-refractivity contribution >= 4 is 5.91 Å². The Morgan fingerprint density at radius 2 is 1.85 bits per heavy atom. The highest BCUT2D eigenvalue weighted by Crippen LogP contribution is 2.51. The van der Waals surface area contributed by atoms with Crippen molar-refractivity contribution in [3.8, 4) is 0 Å². The van der Waals surface area contributed by atoms with E-state index in [1.807, 2.05) is 0 Å². The zero-order valence-corrected chi connectivity index (χ0v) is 8.05. The first-order valence-electron chi connectivity index (χ1n) is 5.10. The van der Waals surface area contributed by atoms with Crippen LogP contribution in [0, 0.1) is 11.8 Å². The summed E-state index contributed by atoms with van der Waals surface area (Å²) in [7, 11) is 0. The second kappa shape index (κ2) is 2.98. The summed E-state index contributed by atoms with van der Waals surface area (Å²) in [5.41, 5.74) is -0.578. The number of aliphatic hydroxyl groups is 1. The quantitative estimate of drug-likeness (QED) is 0.673. The number of amides is 1. The molecule has 13 heavy (non-hydrogen) atoms. The predicted molar refractivity (Wildman–Crippen MR) is 49.1 cm³/mol. The Kier molecular flexibility index (Phi) is 2.06. The van der Waals surface area contributed by atoms with Crippen molar-refractivity contribution in [1.29, 1.82) is 0 Å². The fourth-order valence-corrected chi connectivity index (χ4v) is 2.05. The molecule has 0 heterocycles. The average molecular weight is 183 g/mol. The average Bonchev–Trinajstić information content (AvgIpc) is 2.88. The van der Waals surface area contributed by atoms with E-state index in [0.717, 1.165) is 25.7 Å². The molecule has 0 aromatic carbocycles. The standard InChI is InChI=1S/C10H17NO2/c1-7(12)11-6-10(13,8-2-3-8)9-4-5-9/h8-9,13H,2-6H2,1H3,(H,11,12). The molecule has 2 rings (SSSR count). The van der Waals surface area contributed by atoms with Gasteiger partial charge in [0.05, 0.1) is 5.60 Å². The van der Waals surface area contributed by atoms with E-state index in [1.165, 1.54) is 6.92 Å². The van der Waals surface area contributed by atoms with Crippen LogP contribution in [0.1, 0.15) is 32.6 Å². The van der Waals surface area contributed by atoms with E-state index in [4.69, 9.17) is 0 Å². The lowest BCUT2D eigenvalue weighted by Crippen LogP contribution is -2.46. The Morgan fingerprint density at radius 3 is 2.15 bits per heavy atom. The first-order chi connectivity index (χ1) is 6.13. The molecule has 2 fully saturated rings. The molecule has 0 aromatic heterocycles. The molecule has 0 unspecified atom stereocenters. The third kappa shape index (κ3) is 1.85. The Bertz CT molecular complexity index is 207. The van der Waals surface area contributed by atoms with Crippen molar-refractivity contribution in [2.75, 3.05) is 6.54 Å². The molecule has 2 aliphatic rings. The van der Waals surface area contributed by atoms with Crippen LogP contribution >= 0.6 is 0 Å². The molecule has 3 nitrogen and oxygen atoms in total. The fraction of sp³-hybridized carbons (Fsp3) is 0.900. The zero-order chi connectivity index (χ0) is 9.47. The van der Waals surface area contributed by atoms with Crippen LogP contribution in [0.25, 0.3) is 0 Å². The second-order valence-electron chi connectivity index (χ2n) is 4.45. The van der Waals surface area contributed by atoms with E-state index in [1.54, 1.807) is 0 Å². The number of rotatable bonds is 4. The van der Waals surface area contributed by atoms with Gasteiger partial charge in [-0.1, -0.05) is 0 Å². The van der Waals surface area contributed by atoms with Gasteiger partial charge in [0.15, 0.2) is 0 Å². The summed E-state index contributed by atoms with van der Waals surface area (Å²) >= 11 is 0. The molecule has 0 radical (unpaired) electrons. The summed E-state index contributed by atoms with van der Waals surface area (Å²) in [6, 6.07) is 0. The minimum absolute atomic E-state index is 0.0419. The summed E-state index contributed by atoms with van der Waals surface area (Å²) in [6.07, 6.45) is 4.53. The Labute approximate surface area is 78.5 Å². The monoisotopic (exact) mass is 183 g/mol. The van der Waals surface area contributed by atoms with Gasteiger partial charge in [0.2, 0.25) is 5.91 Å². The topological polar surface area (TPSA) is 49.3 Å². The lowest BCUT2D eigenvalue weighted by molar-refractivity contribution is -0.120. The Hall–Kier alpha value is -0.570. The van der Waals surface area contributed by atoms with Crippen LogP contribution in [0.2, 0.25) is 0 Å². The van der Waals surface area contributed by atoms with Crippen LogP contribution in [0.3, 0.4) is 0 Å². The maximum absolute atomic E-state index is 10.8. The summed E-state index contributed by atoms with van der Waals surface area (Å²) < 4.78 is 0. The number of carbonyl (C=O) groups is 1. The van der Waals surface area contributed by atoms with Crippen molar-refractivity contribution in [1.82, 2.24) is 5.32 Å². The van der Waals surface area contributed by atoms with Gasteiger partial charge in [-0.15, -0.1) is 0 Å². The summed E-state index contributed by atoms with van der Waals surface area (Å²) in [5, 5.41) is 13.1. The van der Waals surface area contributed by atoms with E-state index < -0.39 is 5.60 Å². The van der Waals surface area contributed by atoms with Gasteiger partial charge in [-0.05, 0) is 37.5 Å². The Balaban J connectivity index is 1.92. The van der Waals surface area contributed by atoms with Gasteiger partial charge in [-0.25, -0.2) is 0 Å². The molecule has 2 saturated carbocycles. The van der Waals surface area contributed by atoms with E-state index in [0.29, 0.717) is 18.4 Å². The third-order valence-corrected chi connectivity index (χ3v) is 3.19. The van der Waals surface area contributed by atoms with Crippen LogP contribution in [0.15, 0.2) is 0 Å².